The first-order chi connectivity index (χ1) is 16.4. The van der Waals surface area contributed by atoms with E-state index < -0.39 is 6.03 Å². The molecule has 2 aromatic heterocycles. The van der Waals surface area contributed by atoms with Crippen molar-refractivity contribution >= 4 is 46.1 Å². The molecule has 34 heavy (non-hydrogen) atoms. The van der Waals surface area contributed by atoms with Crippen LogP contribution in [0.3, 0.4) is 0 Å². The lowest BCUT2D eigenvalue weighted by Crippen LogP contribution is -2.48. The van der Waals surface area contributed by atoms with Crippen molar-refractivity contribution in [1.29, 1.82) is 0 Å². The van der Waals surface area contributed by atoms with E-state index in [9.17, 15) is 9.59 Å². The number of rotatable bonds is 6. The Balaban J connectivity index is 1.44. The summed E-state index contributed by atoms with van der Waals surface area (Å²) in [5.41, 5.74) is 3.26. The van der Waals surface area contributed by atoms with Gasteiger partial charge in [-0.25, -0.2) is 14.8 Å². The number of aromatic nitrogens is 3. The number of aliphatic hydroxyl groups excluding tert-OH is 1. The van der Waals surface area contributed by atoms with E-state index in [1.54, 1.807) is 19.2 Å². The zero-order chi connectivity index (χ0) is 24.1. The molecule has 4 N–H and O–H groups in total. The van der Waals surface area contributed by atoms with E-state index in [-0.39, 0.29) is 19.1 Å². The molecule has 0 atom stereocenters. The highest BCUT2D eigenvalue weighted by molar-refractivity contribution is 5.90. The molecular formula is C23H28N8O3. The van der Waals surface area contributed by atoms with Crippen molar-refractivity contribution in [3.8, 4) is 0 Å². The largest absolute Gasteiger partial charge is 0.395 e. The minimum absolute atomic E-state index is 0.118. The summed E-state index contributed by atoms with van der Waals surface area (Å²) in [6, 6.07) is 9.28. The highest BCUT2D eigenvalue weighted by Gasteiger charge is 2.18. The molecule has 3 amide bonds. The lowest BCUT2D eigenvalue weighted by molar-refractivity contribution is -0.129. The minimum atomic E-state index is -0.449. The Labute approximate surface area is 197 Å². The maximum Gasteiger partial charge on any atom is 0.320 e. The third kappa shape index (κ3) is 5.49. The normalized spacial score (nSPS) is 13.6. The molecule has 0 saturated carbocycles. The molecule has 0 aliphatic carbocycles. The number of piperazine rings is 1. The molecule has 11 heteroatoms. The Morgan fingerprint density at radius 3 is 2.50 bits per heavy atom. The van der Waals surface area contributed by atoms with Gasteiger partial charge in [0, 0.05) is 62.6 Å². The first-order valence-corrected chi connectivity index (χ1v) is 11.1. The first kappa shape index (κ1) is 23.2. The quantitative estimate of drug-likeness (QED) is 0.434. The minimum Gasteiger partial charge on any atom is -0.395 e. The van der Waals surface area contributed by atoms with Crippen molar-refractivity contribution in [2.24, 2.45) is 0 Å². The molecular weight excluding hydrogens is 436 g/mol. The third-order valence-electron chi connectivity index (χ3n) is 5.63. The molecule has 0 bridgehead atoms. The second-order valence-electron chi connectivity index (χ2n) is 8.02. The standard InChI is InChI=1S/C23H28N8O3/c1-15-13-20(28-23(34)24-7-12-32)27-21-19(15)14-25-22(29-21)26-17-3-5-18(6-4-17)31-10-8-30(9-11-31)16(2)33/h3-6,13-14,32H,7-12H2,1-2H3,(H3,24,25,26,27,28,29,34). The summed E-state index contributed by atoms with van der Waals surface area (Å²) < 4.78 is 0. The van der Waals surface area contributed by atoms with Gasteiger partial charge in [-0.1, -0.05) is 0 Å². The van der Waals surface area contributed by atoms with Crippen LogP contribution < -0.4 is 20.9 Å². The number of anilines is 4. The van der Waals surface area contributed by atoms with Crippen molar-refractivity contribution in [1.82, 2.24) is 25.2 Å². The van der Waals surface area contributed by atoms with Gasteiger partial charge >= 0.3 is 6.03 Å². The topological polar surface area (TPSA) is 136 Å². The monoisotopic (exact) mass is 464 g/mol. The number of carbonyl (C=O) groups excluding carboxylic acids is 2. The third-order valence-corrected chi connectivity index (χ3v) is 5.63. The molecule has 4 rings (SSSR count). The number of benzene rings is 1. The number of hydrogen-bond donors (Lipinski definition) is 4. The van der Waals surface area contributed by atoms with Crippen LogP contribution in [0.25, 0.3) is 11.0 Å². The fourth-order valence-electron chi connectivity index (χ4n) is 3.78. The number of nitrogens with zero attached hydrogens (tertiary/aromatic N) is 5. The lowest BCUT2D eigenvalue weighted by atomic mass is 10.2. The predicted octanol–water partition coefficient (Wildman–Crippen LogP) is 1.86. The maximum atomic E-state index is 11.9. The molecule has 178 valence electrons. The van der Waals surface area contributed by atoms with Crippen molar-refractivity contribution in [2.45, 2.75) is 13.8 Å². The van der Waals surface area contributed by atoms with Crippen molar-refractivity contribution in [3.05, 3.63) is 42.1 Å². The molecule has 1 saturated heterocycles. The molecule has 3 aromatic rings. The summed E-state index contributed by atoms with van der Waals surface area (Å²) in [5, 5.41) is 18.0. The van der Waals surface area contributed by atoms with Crippen LogP contribution in [0.15, 0.2) is 36.5 Å². The van der Waals surface area contributed by atoms with Crippen LogP contribution in [-0.4, -0.2) is 76.2 Å². The Kier molecular flexibility index (Phi) is 7.02. The Bertz CT molecular complexity index is 1180. The van der Waals surface area contributed by atoms with Crippen molar-refractivity contribution in [2.75, 3.05) is 54.9 Å². The molecule has 0 radical (unpaired) electrons. The average molecular weight is 465 g/mol. The van der Waals surface area contributed by atoms with Crippen LogP contribution in [-0.2, 0) is 4.79 Å². The number of aliphatic hydroxyl groups is 1. The first-order valence-electron chi connectivity index (χ1n) is 11.1. The molecule has 0 unspecified atom stereocenters. The van der Waals surface area contributed by atoms with E-state index in [0.717, 1.165) is 48.5 Å². The lowest BCUT2D eigenvalue weighted by Gasteiger charge is -2.35. The van der Waals surface area contributed by atoms with Crippen LogP contribution in [0.2, 0.25) is 0 Å². The van der Waals surface area contributed by atoms with Gasteiger partial charge in [0.1, 0.15) is 5.82 Å². The van der Waals surface area contributed by atoms with Gasteiger partial charge < -0.3 is 25.5 Å². The van der Waals surface area contributed by atoms with Crippen LogP contribution in [0.4, 0.5) is 27.9 Å². The Morgan fingerprint density at radius 1 is 1.09 bits per heavy atom. The number of nitrogens with one attached hydrogen (secondary N) is 3. The van der Waals surface area contributed by atoms with Crippen molar-refractivity contribution < 1.29 is 14.7 Å². The fourth-order valence-corrected chi connectivity index (χ4v) is 3.78. The van der Waals surface area contributed by atoms with E-state index in [0.29, 0.717) is 17.4 Å². The SMILES string of the molecule is CC(=O)N1CCN(c2ccc(Nc3ncc4c(C)cc(NC(=O)NCCO)nc4n3)cc2)CC1. The summed E-state index contributed by atoms with van der Waals surface area (Å²) in [4.78, 5) is 40.8. The molecule has 3 heterocycles. The van der Waals surface area contributed by atoms with Gasteiger partial charge in [-0.15, -0.1) is 0 Å². The van der Waals surface area contributed by atoms with E-state index in [1.165, 1.54) is 0 Å². The van der Waals surface area contributed by atoms with Gasteiger partial charge in [-0.3, -0.25) is 10.1 Å². The average Bonchev–Trinajstić information content (AvgIpc) is 2.83. The Morgan fingerprint density at radius 2 is 1.82 bits per heavy atom. The van der Waals surface area contributed by atoms with Gasteiger partial charge in [0.05, 0.1) is 6.61 Å². The maximum absolute atomic E-state index is 11.9. The van der Waals surface area contributed by atoms with Gasteiger partial charge in [-0.2, -0.15) is 4.98 Å². The van der Waals surface area contributed by atoms with E-state index in [2.05, 4.69) is 35.8 Å². The van der Waals surface area contributed by atoms with Crippen LogP contribution in [0.1, 0.15) is 12.5 Å². The number of urea groups is 1. The summed E-state index contributed by atoms with van der Waals surface area (Å²) in [7, 11) is 0. The molecule has 11 nitrogen and oxygen atoms in total. The molecule has 1 aliphatic rings. The second-order valence-corrected chi connectivity index (χ2v) is 8.02. The van der Waals surface area contributed by atoms with Gasteiger partial charge in [-0.05, 0) is 42.8 Å². The van der Waals surface area contributed by atoms with Crippen LogP contribution in [0, 0.1) is 6.92 Å². The van der Waals surface area contributed by atoms with Crippen LogP contribution in [0.5, 0.6) is 0 Å². The number of aryl methyl sites for hydroxylation is 1. The number of carbonyl (C=O) groups is 2. The smallest absolute Gasteiger partial charge is 0.320 e. The number of amides is 3. The summed E-state index contributed by atoms with van der Waals surface area (Å²) in [6.07, 6.45) is 1.70. The number of pyridine rings is 1. The summed E-state index contributed by atoms with van der Waals surface area (Å²) in [6.45, 7) is 6.58. The fraction of sp³-hybridized carbons (Fsp3) is 0.348. The van der Waals surface area contributed by atoms with E-state index in [1.807, 2.05) is 36.1 Å². The number of fused-ring (bicyclic) bond motifs is 1. The predicted molar refractivity (Wildman–Crippen MR) is 130 cm³/mol. The summed E-state index contributed by atoms with van der Waals surface area (Å²) in [5.74, 6) is 0.871. The molecule has 1 fully saturated rings. The highest BCUT2D eigenvalue weighted by Crippen LogP contribution is 2.23. The molecule has 1 aromatic carbocycles. The zero-order valence-electron chi connectivity index (χ0n) is 19.2. The van der Waals surface area contributed by atoms with Crippen LogP contribution >= 0.6 is 0 Å². The van der Waals surface area contributed by atoms with Gasteiger partial charge in [0.15, 0.2) is 5.65 Å². The summed E-state index contributed by atoms with van der Waals surface area (Å²) >= 11 is 0. The molecule has 0 spiro atoms. The molecule has 1 aliphatic heterocycles. The van der Waals surface area contributed by atoms with Gasteiger partial charge in [0.25, 0.3) is 0 Å². The van der Waals surface area contributed by atoms with E-state index >= 15 is 0 Å². The number of hydrogen-bond acceptors (Lipinski definition) is 8. The van der Waals surface area contributed by atoms with Gasteiger partial charge in [0.2, 0.25) is 11.9 Å². The Hall–Kier alpha value is -3.99. The second kappa shape index (κ2) is 10.3. The van der Waals surface area contributed by atoms with Crippen molar-refractivity contribution in [3.63, 3.8) is 0 Å². The highest BCUT2D eigenvalue weighted by atomic mass is 16.3. The van der Waals surface area contributed by atoms with E-state index in [4.69, 9.17) is 5.11 Å². The zero-order valence-corrected chi connectivity index (χ0v) is 19.2.